The minimum Gasteiger partial charge on any atom is -0.425 e. The molecule has 146 valence electrons. The van der Waals surface area contributed by atoms with Crippen molar-refractivity contribution >= 4 is 5.91 Å². The molecule has 5 nitrogen and oxygen atoms in total. The predicted molar refractivity (Wildman–Crippen MR) is 105 cm³/mol. The third-order valence-corrected chi connectivity index (χ3v) is 5.22. The van der Waals surface area contributed by atoms with E-state index in [0.29, 0.717) is 24.6 Å². The Kier molecular flexibility index (Phi) is 7.87. The van der Waals surface area contributed by atoms with Crippen LogP contribution in [0.2, 0.25) is 0 Å². The summed E-state index contributed by atoms with van der Waals surface area (Å²) in [5.41, 5.74) is 1.37. The smallest absolute Gasteiger partial charge is 0.223 e. The molecule has 0 atom stereocenters. The average Bonchev–Trinajstić information content (AvgIpc) is 3.12. The molecular weight excluding hydrogens is 338 g/mol. The number of nitrogens with zero attached hydrogens (tertiary/aromatic N) is 3. The van der Waals surface area contributed by atoms with Crippen LogP contribution in [0.4, 0.5) is 0 Å². The van der Waals surface area contributed by atoms with Crippen molar-refractivity contribution in [1.82, 2.24) is 15.1 Å². The molecule has 0 aliphatic carbocycles. The normalized spacial score (nSPS) is 15.3. The molecule has 1 saturated heterocycles. The maximum absolute atomic E-state index is 12.4. The molecule has 1 aromatic carbocycles. The number of benzene rings is 1. The van der Waals surface area contributed by atoms with Crippen LogP contribution in [0.3, 0.4) is 0 Å². The first-order valence-electron chi connectivity index (χ1n) is 10.4. The molecule has 0 N–H and O–H groups in total. The number of carbonyl (C=O) groups excluding carboxylic acids is 1. The summed E-state index contributed by atoms with van der Waals surface area (Å²) < 4.78 is 5.73. The lowest BCUT2D eigenvalue weighted by atomic mass is 10.1. The number of hydrogen-bond donors (Lipinski definition) is 0. The van der Waals surface area contributed by atoms with E-state index >= 15 is 0 Å². The molecule has 0 saturated carbocycles. The van der Waals surface area contributed by atoms with E-state index < -0.39 is 0 Å². The highest BCUT2D eigenvalue weighted by Crippen LogP contribution is 2.13. The monoisotopic (exact) mass is 369 g/mol. The van der Waals surface area contributed by atoms with Gasteiger partial charge in [0.25, 0.3) is 0 Å². The third kappa shape index (κ3) is 6.81. The van der Waals surface area contributed by atoms with E-state index in [2.05, 4.69) is 34.5 Å². The van der Waals surface area contributed by atoms with Crippen molar-refractivity contribution in [3.8, 4) is 0 Å². The van der Waals surface area contributed by atoms with Crippen LogP contribution in [0.5, 0.6) is 0 Å². The highest BCUT2D eigenvalue weighted by molar-refractivity contribution is 5.76. The Bertz CT molecular complexity index is 676. The molecule has 1 fully saturated rings. The van der Waals surface area contributed by atoms with Gasteiger partial charge in [0.15, 0.2) is 0 Å². The van der Waals surface area contributed by atoms with Gasteiger partial charge in [0.05, 0.1) is 0 Å². The number of hydrogen-bond acceptors (Lipinski definition) is 4. The van der Waals surface area contributed by atoms with Crippen molar-refractivity contribution in [2.45, 2.75) is 70.6 Å². The second kappa shape index (κ2) is 10.9. The standard InChI is InChI=1S/C22H31N3O2/c26-22(25-17-9-2-1-3-10-18-25)16-15-21-24-23-20(27-21)14-8-7-13-19-11-5-4-6-12-19/h4-6,11-12H,1-3,7-10,13-18H2. The summed E-state index contributed by atoms with van der Waals surface area (Å²) in [5, 5.41) is 8.25. The van der Waals surface area contributed by atoms with Gasteiger partial charge >= 0.3 is 0 Å². The molecule has 1 aromatic heterocycles. The van der Waals surface area contributed by atoms with Gasteiger partial charge in [-0.2, -0.15) is 0 Å². The van der Waals surface area contributed by atoms with Crippen molar-refractivity contribution < 1.29 is 9.21 Å². The van der Waals surface area contributed by atoms with Gasteiger partial charge in [-0.3, -0.25) is 4.79 Å². The SMILES string of the molecule is O=C(CCc1nnc(CCCCc2ccccc2)o1)N1CCCCCCC1. The van der Waals surface area contributed by atoms with Crippen LogP contribution in [0, 0.1) is 0 Å². The van der Waals surface area contributed by atoms with Gasteiger partial charge in [0, 0.05) is 32.4 Å². The Labute approximate surface area is 162 Å². The first kappa shape index (κ1) is 19.6. The number of rotatable bonds is 8. The minimum atomic E-state index is 0.222. The van der Waals surface area contributed by atoms with Gasteiger partial charge in [0.1, 0.15) is 0 Å². The van der Waals surface area contributed by atoms with Crippen LogP contribution in [0.25, 0.3) is 0 Å². The summed E-state index contributed by atoms with van der Waals surface area (Å²) in [7, 11) is 0. The third-order valence-electron chi connectivity index (χ3n) is 5.22. The lowest BCUT2D eigenvalue weighted by Gasteiger charge is -2.24. The number of carbonyl (C=O) groups is 1. The molecule has 0 spiro atoms. The molecule has 27 heavy (non-hydrogen) atoms. The lowest BCUT2D eigenvalue weighted by Crippen LogP contribution is -2.33. The summed E-state index contributed by atoms with van der Waals surface area (Å²) in [6, 6.07) is 10.5. The van der Waals surface area contributed by atoms with E-state index in [-0.39, 0.29) is 5.91 Å². The number of aromatic nitrogens is 2. The molecule has 5 heteroatoms. The average molecular weight is 370 g/mol. The fourth-order valence-corrected chi connectivity index (χ4v) is 3.61. The van der Waals surface area contributed by atoms with E-state index in [9.17, 15) is 4.79 Å². The van der Waals surface area contributed by atoms with Crippen LogP contribution < -0.4 is 0 Å². The maximum Gasteiger partial charge on any atom is 0.223 e. The van der Waals surface area contributed by atoms with Crippen molar-refractivity contribution in [2.75, 3.05) is 13.1 Å². The van der Waals surface area contributed by atoms with E-state index in [1.54, 1.807) is 0 Å². The zero-order valence-electron chi connectivity index (χ0n) is 16.2. The molecule has 0 radical (unpaired) electrons. The number of unbranched alkanes of at least 4 members (excludes halogenated alkanes) is 1. The molecule has 1 aliphatic heterocycles. The number of aryl methyl sites for hydroxylation is 3. The quantitative estimate of drug-likeness (QED) is 0.649. The summed E-state index contributed by atoms with van der Waals surface area (Å²) in [6.45, 7) is 1.80. The Hall–Kier alpha value is -2.17. The molecule has 3 rings (SSSR count). The molecule has 0 bridgehead atoms. The van der Waals surface area contributed by atoms with Gasteiger partial charge in [-0.15, -0.1) is 10.2 Å². The van der Waals surface area contributed by atoms with Gasteiger partial charge in [0.2, 0.25) is 17.7 Å². The second-order valence-corrected chi connectivity index (χ2v) is 7.43. The van der Waals surface area contributed by atoms with Crippen LogP contribution in [-0.2, 0) is 24.1 Å². The largest absolute Gasteiger partial charge is 0.425 e. The Balaban J connectivity index is 1.35. The molecule has 2 aromatic rings. The van der Waals surface area contributed by atoms with Gasteiger partial charge in [-0.1, -0.05) is 49.6 Å². The highest BCUT2D eigenvalue weighted by atomic mass is 16.4. The van der Waals surface area contributed by atoms with Crippen LogP contribution >= 0.6 is 0 Å². The first-order valence-corrected chi connectivity index (χ1v) is 10.4. The van der Waals surface area contributed by atoms with Crippen molar-refractivity contribution in [1.29, 1.82) is 0 Å². The second-order valence-electron chi connectivity index (χ2n) is 7.43. The Morgan fingerprint density at radius 3 is 2.22 bits per heavy atom. The van der Waals surface area contributed by atoms with Gasteiger partial charge in [-0.05, 0) is 37.7 Å². The highest BCUT2D eigenvalue weighted by Gasteiger charge is 2.16. The number of amides is 1. The maximum atomic E-state index is 12.4. The van der Waals surface area contributed by atoms with Crippen molar-refractivity contribution in [3.05, 3.63) is 47.7 Å². The van der Waals surface area contributed by atoms with Gasteiger partial charge in [-0.25, -0.2) is 0 Å². The van der Waals surface area contributed by atoms with Crippen molar-refractivity contribution in [3.63, 3.8) is 0 Å². The fraction of sp³-hybridized carbons (Fsp3) is 0.591. The van der Waals surface area contributed by atoms with Crippen LogP contribution in [0.15, 0.2) is 34.7 Å². The zero-order chi connectivity index (χ0) is 18.7. The van der Waals surface area contributed by atoms with E-state index in [1.807, 2.05) is 11.0 Å². The fourth-order valence-electron chi connectivity index (χ4n) is 3.61. The van der Waals surface area contributed by atoms with Crippen LogP contribution in [0.1, 0.15) is 68.7 Å². The van der Waals surface area contributed by atoms with E-state index in [4.69, 9.17) is 4.42 Å². The minimum absolute atomic E-state index is 0.222. The van der Waals surface area contributed by atoms with Gasteiger partial charge < -0.3 is 9.32 Å². The summed E-state index contributed by atoms with van der Waals surface area (Å²) in [4.78, 5) is 14.4. The Morgan fingerprint density at radius 2 is 1.48 bits per heavy atom. The van der Waals surface area contributed by atoms with E-state index in [1.165, 1.54) is 24.8 Å². The van der Waals surface area contributed by atoms with Crippen LogP contribution in [-0.4, -0.2) is 34.1 Å². The predicted octanol–water partition coefficient (Wildman–Crippen LogP) is 4.36. The Morgan fingerprint density at radius 1 is 0.852 bits per heavy atom. The first-order chi connectivity index (χ1) is 13.3. The molecule has 0 unspecified atom stereocenters. The van der Waals surface area contributed by atoms with Crippen molar-refractivity contribution in [2.24, 2.45) is 0 Å². The summed E-state index contributed by atoms with van der Waals surface area (Å²) in [5.74, 6) is 1.50. The molecule has 1 amide bonds. The zero-order valence-corrected chi connectivity index (χ0v) is 16.2. The van der Waals surface area contributed by atoms with E-state index in [0.717, 1.165) is 51.6 Å². The number of likely N-dealkylation sites (tertiary alicyclic amines) is 1. The summed E-state index contributed by atoms with van der Waals surface area (Å²) >= 11 is 0. The molecular formula is C22H31N3O2. The lowest BCUT2D eigenvalue weighted by molar-refractivity contribution is -0.131. The molecule has 2 heterocycles. The summed E-state index contributed by atoms with van der Waals surface area (Å²) in [6.07, 6.45) is 11.1. The molecule has 1 aliphatic rings. The topological polar surface area (TPSA) is 59.2 Å².